The van der Waals surface area contributed by atoms with E-state index in [2.05, 4.69) is 10.4 Å². The summed E-state index contributed by atoms with van der Waals surface area (Å²) < 4.78 is 31.3. The molecule has 0 radical (unpaired) electrons. The first-order chi connectivity index (χ1) is 14.3. The van der Waals surface area contributed by atoms with Crippen LogP contribution in [0.3, 0.4) is 0 Å². The Bertz CT molecular complexity index is 966. The van der Waals surface area contributed by atoms with Gasteiger partial charge in [-0.05, 0) is 46.2 Å². The molecule has 0 spiro atoms. The summed E-state index contributed by atoms with van der Waals surface area (Å²) in [5.74, 6) is -1.98. The predicted molar refractivity (Wildman–Crippen MR) is 114 cm³/mol. The molecule has 1 N–H and O–H groups in total. The number of nitrogens with zero attached hydrogens (tertiary/aromatic N) is 3. The summed E-state index contributed by atoms with van der Waals surface area (Å²) in [7, 11) is -2.82. The van der Waals surface area contributed by atoms with Crippen molar-refractivity contribution in [2.75, 3.05) is 20.1 Å². The molecule has 1 aromatic carbocycles. The summed E-state index contributed by atoms with van der Waals surface area (Å²) in [6.07, 6.45) is 0.818. The SMILES string of the molecule is Cc1ccc(S(=O)(=O)N(C)C(=O)C2CC=NN(C(=O)CNC(=O)OC(C)(C)C)C2)cc1. The summed E-state index contributed by atoms with van der Waals surface area (Å²) in [5.41, 5.74) is 0.187. The van der Waals surface area contributed by atoms with Crippen molar-refractivity contribution in [2.24, 2.45) is 11.0 Å². The number of rotatable bonds is 5. The first-order valence-corrected chi connectivity index (χ1v) is 11.1. The van der Waals surface area contributed by atoms with E-state index in [-0.39, 0.29) is 24.4 Å². The molecule has 0 saturated carbocycles. The first kappa shape index (κ1) is 24.3. The molecule has 31 heavy (non-hydrogen) atoms. The van der Waals surface area contributed by atoms with E-state index in [9.17, 15) is 22.8 Å². The third-order valence-electron chi connectivity index (χ3n) is 4.41. The largest absolute Gasteiger partial charge is 0.444 e. The zero-order chi connectivity index (χ0) is 23.4. The molecule has 2 rings (SSSR count). The standard InChI is InChI=1S/C20H28N4O6S/c1-14-6-8-16(9-7-14)31(28,29)23(5)18(26)15-10-11-22-24(13-15)17(25)12-21-19(27)30-20(2,3)4/h6-9,11,15H,10,12-13H2,1-5H3,(H,21,27). The third kappa shape index (κ3) is 6.51. The summed E-state index contributed by atoms with van der Waals surface area (Å²) in [4.78, 5) is 36.9. The van der Waals surface area contributed by atoms with Crippen LogP contribution in [0.2, 0.25) is 0 Å². The molecule has 3 amide bonds. The molecular formula is C20H28N4O6S. The second-order valence-electron chi connectivity index (χ2n) is 8.19. The zero-order valence-corrected chi connectivity index (χ0v) is 19.1. The number of benzene rings is 1. The van der Waals surface area contributed by atoms with Gasteiger partial charge in [-0.25, -0.2) is 22.5 Å². The van der Waals surface area contributed by atoms with Gasteiger partial charge in [-0.1, -0.05) is 17.7 Å². The van der Waals surface area contributed by atoms with E-state index in [0.29, 0.717) is 4.31 Å². The number of carbonyl (C=O) groups is 3. The fraction of sp³-hybridized carbons (Fsp3) is 0.500. The molecule has 170 valence electrons. The lowest BCUT2D eigenvalue weighted by atomic mass is 10.0. The number of hydrogen-bond donors (Lipinski definition) is 1. The second kappa shape index (κ2) is 9.46. The molecule has 1 aliphatic heterocycles. The van der Waals surface area contributed by atoms with Crippen LogP contribution in [0.15, 0.2) is 34.3 Å². The summed E-state index contributed by atoms with van der Waals surface area (Å²) in [6, 6.07) is 6.18. The van der Waals surface area contributed by atoms with Gasteiger partial charge in [0.05, 0.1) is 17.4 Å². The Labute approximate surface area is 182 Å². The molecule has 11 heteroatoms. The molecule has 10 nitrogen and oxygen atoms in total. The van der Waals surface area contributed by atoms with Gasteiger partial charge in [0.15, 0.2) is 0 Å². The van der Waals surface area contributed by atoms with Gasteiger partial charge in [0.1, 0.15) is 12.1 Å². The molecule has 0 aliphatic carbocycles. The minimum absolute atomic E-state index is 0.00733. The van der Waals surface area contributed by atoms with Crippen molar-refractivity contribution in [2.45, 2.75) is 44.6 Å². The normalized spacial score (nSPS) is 16.5. The van der Waals surface area contributed by atoms with E-state index in [1.165, 1.54) is 25.4 Å². The zero-order valence-electron chi connectivity index (χ0n) is 18.3. The Morgan fingerprint density at radius 2 is 1.84 bits per heavy atom. The average molecular weight is 453 g/mol. The van der Waals surface area contributed by atoms with Crippen LogP contribution in [-0.2, 0) is 24.3 Å². The van der Waals surface area contributed by atoms with Crippen LogP contribution < -0.4 is 5.32 Å². The lowest BCUT2D eigenvalue weighted by Gasteiger charge is -2.29. The smallest absolute Gasteiger partial charge is 0.408 e. The van der Waals surface area contributed by atoms with Gasteiger partial charge in [-0.2, -0.15) is 5.10 Å². The highest BCUT2D eigenvalue weighted by atomic mass is 32.2. The van der Waals surface area contributed by atoms with Crippen LogP contribution in [0.1, 0.15) is 32.8 Å². The average Bonchev–Trinajstić information content (AvgIpc) is 2.70. The quantitative estimate of drug-likeness (QED) is 0.722. The number of carbonyl (C=O) groups excluding carboxylic acids is 3. The maximum absolute atomic E-state index is 12.8. The van der Waals surface area contributed by atoms with Gasteiger partial charge in [-0.3, -0.25) is 9.59 Å². The minimum atomic E-state index is -4.02. The van der Waals surface area contributed by atoms with Crippen LogP contribution in [-0.4, -0.2) is 67.6 Å². The van der Waals surface area contributed by atoms with Gasteiger partial charge in [-0.15, -0.1) is 0 Å². The Morgan fingerprint density at radius 1 is 1.23 bits per heavy atom. The van der Waals surface area contributed by atoms with E-state index < -0.39 is 39.4 Å². The number of amides is 3. The number of nitrogens with one attached hydrogen (secondary N) is 1. The van der Waals surface area contributed by atoms with Crippen molar-refractivity contribution in [3.8, 4) is 0 Å². The Hall–Kier alpha value is -2.95. The van der Waals surface area contributed by atoms with E-state index in [1.54, 1.807) is 32.9 Å². The highest BCUT2D eigenvalue weighted by Crippen LogP contribution is 2.20. The molecule has 0 fully saturated rings. The molecule has 1 unspecified atom stereocenters. The molecule has 1 aromatic rings. The number of aryl methyl sites for hydroxylation is 1. The second-order valence-corrected chi connectivity index (χ2v) is 10.2. The maximum Gasteiger partial charge on any atom is 0.408 e. The Morgan fingerprint density at radius 3 is 2.42 bits per heavy atom. The van der Waals surface area contributed by atoms with Gasteiger partial charge in [0.2, 0.25) is 5.91 Å². The monoisotopic (exact) mass is 452 g/mol. The van der Waals surface area contributed by atoms with E-state index in [0.717, 1.165) is 10.6 Å². The lowest BCUT2D eigenvalue weighted by Crippen LogP contribution is -2.47. The third-order valence-corrected chi connectivity index (χ3v) is 6.18. The van der Waals surface area contributed by atoms with Crippen LogP contribution >= 0.6 is 0 Å². The number of hydrogen-bond acceptors (Lipinski definition) is 7. The van der Waals surface area contributed by atoms with Crippen molar-refractivity contribution in [1.29, 1.82) is 0 Å². The number of alkyl carbamates (subject to hydrolysis) is 1. The van der Waals surface area contributed by atoms with Crippen LogP contribution in [0, 0.1) is 12.8 Å². The molecule has 0 saturated heterocycles. The molecular weight excluding hydrogens is 424 g/mol. The molecule has 0 aromatic heterocycles. The van der Waals surface area contributed by atoms with Crippen molar-refractivity contribution < 1.29 is 27.5 Å². The van der Waals surface area contributed by atoms with Gasteiger partial charge in [0.25, 0.3) is 15.9 Å². The van der Waals surface area contributed by atoms with Crippen molar-refractivity contribution in [3.05, 3.63) is 29.8 Å². The summed E-state index contributed by atoms with van der Waals surface area (Å²) in [6.45, 7) is 6.45. The number of hydrazone groups is 1. The topological polar surface area (TPSA) is 125 Å². The van der Waals surface area contributed by atoms with Crippen molar-refractivity contribution in [1.82, 2.24) is 14.6 Å². The Kier molecular flexibility index (Phi) is 7.42. The number of ether oxygens (including phenoxy) is 1. The summed E-state index contributed by atoms with van der Waals surface area (Å²) >= 11 is 0. The van der Waals surface area contributed by atoms with E-state index >= 15 is 0 Å². The van der Waals surface area contributed by atoms with E-state index in [4.69, 9.17) is 4.74 Å². The highest BCUT2D eigenvalue weighted by molar-refractivity contribution is 7.89. The van der Waals surface area contributed by atoms with Crippen molar-refractivity contribution in [3.63, 3.8) is 0 Å². The predicted octanol–water partition coefficient (Wildman–Crippen LogP) is 1.50. The maximum atomic E-state index is 12.8. The highest BCUT2D eigenvalue weighted by Gasteiger charge is 2.34. The molecule has 0 bridgehead atoms. The Balaban J connectivity index is 2.00. The fourth-order valence-electron chi connectivity index (χ4n) is 2.75. The number of sulfonamides is 1. The van der Waals surface area contributed by atoms with Crippen LogP contribution in [0.25, 0.3) is 0 Å². The van der Waals surface area contributed by atoms with Crippen molar-refractivity contribution >= 4 is 34.1 Å². The van der Waals surface area contributed by atoms with Crippen LogP contribution in [0.4, 0.5) is 4.79 Å². The lowest BCUT2D eigenvalue weighted by molar-refractivity contribution is -0.135. The molecule has 1 atom stereocenters. The molecule has 1 aliphatic rings. The minimum Gasteiger partial charge on any atom is -0.444 e. The fourth-order valence-corrected chi connectivity index (χ4v) is 3.93. The first-order valence-electron chi connectivity index (χ1n) is 9.70. The van der Waals surface area contributed by atoms with Gasteiger partial charge in [0, 0.05) is 13.3 Å². The van der Waals surface area contributed by atoms with E-state index in [1.807, 2.05) is 6.92 Å². The van der Waals surface area contributed by atoms with Gasteiger partial charge < -0.3 is 10.1 Å². The van der Waals surface area contributed by atoms with Crippen LogP contribution in [0.5, 0.6) is 0 Å². The molecule has 1 heterocycles. The van der Waals surface area contributed by atoms with Gasteiger partial charge >= 0.3 is 6.09 Å². The summed E-state index contributed by atoms with van der Waals surface area (Å²) in [5, 5.41) is 7.32.